The molecule has 1 heteroatoms. The second-order valence-electron chi connectivity index (χ2n) is 8.84. The standard InChI is InChI=1S/C33H21N/c1-2-6-23(7-3-1)30-20-31(24-13-11-22(12-14-24)27-10-5-19-34-21-27)29-18-16-26-9-4-8-25-15-17-28(30)33(29)32(25)26/h1-21H. The Bertz CT molecular complexity index is 1750. The number of pyridine rings is 1. The molecule has 1 aromatic heterocycles. The van der Waals surface area contributed by atoms with Crippen LogP contribution in [0.15, 0.2) is 128 Å². The number of rotatable bonds is 3. The Hall–Kier alpha value is -4.49. The fourth-order valence-electron chi connectivity index (χ4n) is 5.30. The summed E-state index contributed by atoms with van der Waals surface area (Å²) in [7, 11) is 0. The van der Waals surface area contributed by atoms with E-state index in [1.807, 2.05) is 18.5 Å². The number of hydrogen-bond acceptors (Lipinski definition) is 1. The number of aromatic nitrogens is 1. The van der Waals surface area contributed by atoms with Gasteiger partial charge in [0, 0.05) is 12.4 Å². The molecule has 1 nitrogen and oxygen atoms in total. The molecule has 0 saturated carbocycles. The summed E-state index contributed by atoms with van der Waals surface area (Å²) in [5.74, 6) is 0. The zero-order chi connectivity index (χ0) is 22.5. The van der Waals surface area contributed by atoms with Crippen molar-refractivity contribution >= 4 is 32.3 Å². The average molecular weight is 432 g/mol. The highest BCUT2D eigenvalue weighted by Crippen LogP contribution is 2.44. The molecule has 7 rings (SSSR count). The number of nitrogens with zero attached hydrogens (tertiary/aromatic N) is 1. The summed E-state index contributed by atoms with van der Waals surface area (Å²) >= 11 is 0. The first-order valence-electron chi connectivity index (χ1n) is 11.6. The van der Waals surface area contributed by atoms with E-state index >= 15 is 0 Å². The van der Waals surface area contributed by atoms with E-state index in [4.69, 9.17) is 0 Å². The molecule has 1 heterocycles. The van der Waals surface area contributed by atoms with E-state index in [0.717, 1.165) is 5.56 Å². The topological polar surface area (TPSA) is 12.9 Å². The zero-order valence-electron chi connectivity index (χ0n) is 18.6. The van der Waals surface area contributed by atoms with Crippen molar-refractivity contribution < 1.29 is 0 Å². The lowest BCUT2D eigenvalue weighted by Crippen LogP contribution is -1.91. The monoisotopic (exact) mass is 431 g/mol. The molecule has 0 aliphatic carbocycles. The van der Waals surface area contributed by atoms with Crippen LogP contribution in [0, 0.1) is 0 Å². The van der Waals surface area contributed by atoms with Crippen LogP contribution in [0.2, 0.25) is 0 Å². The van der Waals surface area contributed by atoms with E-state index < -0.39 is 0 Å². The molecule has 0 N–H and O–H groups in total. The van der Waals surface area contributed by atoms with E-state index in [1.54, 1.807) is 0 Å². The molecule has 0 aliphatic heterocycles. The second-order valence-corrected chi connectivity index (χ2v) is 8.84. The molecule has 0 atom stereocenters. The maximum absolute atomic E-state index is 4.27. The van der Waals surface area contributed by atoms with Crippen LogP contribution in [0.1, 0.15) is 0 Å². The van der Waals surface area contributed by atoms with Crippen molar-refractivity contribution in [3.05, 3.63) is 128 Å². The molecule has 34 heavy (non-hydrogen) atoms. The first-order chi connectivity index (χ1) is 16.9. The minimum atomic E-state index is 1.13. The van der Waals surface area contributed by atoms with E-state index in [2.05, 4.69) is 114 Å². The Morgan fingerprint density at radius 1 is 0.412 bits per heavy atom. The smallest absolute Gasteiger partial charge is 0.0346 e. The fraction of sp³-hybridized carbons (Fsp3) is 0. The molecule has 158 valence electrons. The SMILES string of the molecule is c1ccc(-c2cc(-c3ccc(-c4cccnc4)cc3)c3ccc4cccc5ccc2c3c54)cc1. The molecular formula is C33H21N. The zero-order valence-corrected chi connectivity index (χ0v) is 18.6. The summed E-state index contributed by atoms with van der Waals surface area (Å²) in [5.41, 5.74) is 7.32. The van der Waals surface area contributed by atoms with E-state index in [0.29, 0.717) is 0 Å². The van der Waals surface area contributed by atoms with Gasteiger partial charge in [-0.1, -0.05) is 103 Å². The van der Waals surface area contributed by atoms with Gasteiger partial charge < -0.3 is 0 Å². The van der Waals surface area contributed by atoms with Crippen molar-refractivity contribution in [1.82, 2.24) is 4.98 Å². The van der Waals surface area contributed by atoms with Crippen molar-refractivity contribution in [2.24, 2.45) is 0 Å². The Morgan fingerprint density at radius 3 is 1.68 bits per heavy atom. The van der Waals surface area contributed by atoms with E-state index in [9.17, 15) is 0 Å². The third kappa shape index (κ3) is 2.91. The van der Waals surface area contributed by atoms with Crippen LogP contribution in [-0.2, 0) is 0 Å². The van der Waals surface area contributed by atoms with Gasteiger partial charge in [0.25, 0.3) is 0 Å². The predicted octanol–water partition coefficient (Wildman–Crippen LogP) is 8.98. The quantitative estimate of drug-likeness (QED) is 0.254. The molecule has 0 radical (unpaired) electrons. The van der Waals surface area contributed by atoms with Crippen molar-refractivity contribution in [3.8, 4) is 33.4 Å². The predicted molar refractivity (Wildman–Crippen MR) is 144 cm³/mol. The minimum Gasteiger partial charge on any atom is -0.264 e. The second kappa shape index (κ2) is 7.54. The minimum absolute atomic E-state index is 1.13. The van der Waals surface area contributed by atoms with Gasteiger partial charge in [-0.3, -0.25) is 4.98 Å². The molecule has 0 saturated heterocycles. The van der Waals surface area contributed by atoms with Gasteiger partial charge in [-0.25, -0.2) is 0 Å². The molecule has 7 aromatic rings. The Morgan fingerprint density at radius 2 is 1.03 bits per heavy atom. The van der Waals surface area contributed by atoms with E-state index in [-0.39, 0.29) is 0 Å². The van der Waals surface area contributed by atoms with Crippen LogP contribution in [0.25, 0.3) is 65.7 Å². The first kappa shape index (κ1) is 19.0. The van der Waals surface area contributed by atoms with Gasteiger partial charge in [-0.15, -0.1) is 0 Å². The molecule has 6 aromatic carbocycles. The third-order valence-electron chi connectivity index (χ3n) is 6.92. The van der Waals surface area contributed by atoms with Gasteiger partial charge in [0.1, 0.15) is 0 Å². The van der Waals surface area contributed by atoms with Crippen molar-refractivity contribution in [2.75, 3.05) is 0 Å². The lowest BCUT2D eigenvalue weighted by atomic mass is 9.85. The van der Waals surface area contributed by atoms with Crippen LogP contribution in [0.3, 0.4) is 0 Å². The lowest BCUT2D eigenvalue weighted by molar-refractivity contribution is 1.33. The van der Waals surface area contributed by atoms with Crippen LogP contribution in [-0.4, -0.2) is 4.98 Å². The van der Waals surface area contributed by atoms with Crippen LogP contribution < -0.4 is 0 Å². The molecule has 0 bridgehead atoms. The molecule has 0 amide bonds. The Labute approximate surface area is 198 Å². The molecule has 0 fully saturated rings. The van der Waals surface area contributed by atoms with Crippen LogP contribution in [0.4, 0.5) is 0 Å². The van der Waals surface area contributed by atoms with Crippen molar-refractivity contribution in [1.29, 1.82) is 0 Å². The lowest BCUT2D eigenvalue weighted by Gasteiger charge is -2.18. The third-order valence-corrected chi connectivity index (χ3v) is 6.92. The summed E-state index contributed by atoms with van der Waals surface area (Å²) in [6.07, 6.45) is 3.73. The Balaban J connectivity index is 1.54. The molecule has 0 unspecified atom stereocenters. The largest absolute Gasteiger partial charge is 0.264 e. The highest BCUT2D eigenvalue weighted by Gasteiger charge is 2.16. The normalized spacial score (nSPS) is 11.5. The number of benzene rings is 6. The average Bonchev–Trinajstić information content (AvgIpc) is 2.92. The maximum Gasteiger partial charge on any atom is 0.0346 e. The molecule has 0 spiro atoms. The van der Waals surface area contributed by atoms with Crippen LogP contribution in [0.5, 0.6) is 0 Å². The van der Waals surface area contributed by atoms with Gasteiger partial charge in [0.15, 0.2) is 0 Å². The number of hydrogen-bond donors (Lipinski definition) is 0. The highest BCUT2D eigenvalue weighted by molar-refractivity contribution is 6.28. The van der Waals surface area contributed by atoms with Crippen molar-refractivity contribution in [2.45, 2.75) is 0 Å². The molecule has 0 aliphatic rings. The van der Waals surface area contributed by atoms with Gasteiger partial charge in [-0.2, -0.15) is 0 Å². The van der Waals surface area contributed by atoms with Crippen molar-refractivity contribution in [3.63, 3.8) is 0 Å². The summed E-state index contributed by atoms with van der Waals surface area (Å²) in [4.78, 5) is 4.27. The van der Waals surface area contributed by atoms with Gasteiger partial charge >= 0.3 is 0 Å². The summed E-state index contributed by atoms with van der Waals surface area (Å²) in [6, 6.07) is 41.8. The summed E-state index contributed by atoms with van der Waals surface area (Å²) in [5, 5.41) is 7.89. The summed E-state index contributed by atoms with van der Waals surface area (Å²) < 4.78 is 0. The Kier molecular flexibility index (Phi) is 4.22. The van der Waals surface area contributed by atoms with Crippen LogP contribution >= 0.6 is 0 Å². The van der Waals surface area contributed by atoms with E-state index in [1.165, 1.54) is 60.1 Å². The highest BCUT2D eigenvalue weighted by atomic mass is 14.6. The first-order valence-corrected chi connectivity index (χ1v) is 11.6. The molecular weight excluding hydrogens is 410 g/mol. The maximum atomic E-state index is 4.27. The van der Waals surface area contributed by atoms with Gasteiger partial charge in [0.05, 0.1) is 0 Å². The fourth-order valence-corrected chi connectivity index (χ4v) is 5.30. The summed E-state index contributed by atoms with van der Waals surface area (Å²) in [6.45, 7) is 0. The van der Waals surface area contributed by atoms with Gasteiger partial charge in [-0.05, 0) is 77.8 Å². The van der Waals surface area contributed by atoms with Gasteiger partial charge in [0.2, 0.25) is 0 Å².